The van der Waals surface area contributed by atoms with Crippen LogP contribution in [0.5, 0.6) is 0 Å². The quantitative estimate of drug-likeness (QED) is 0.193. The van der Waals surface area contributed by atoms with Gasteiger partial charge < -0.3 is 45.2 Å². The minimum atomic E-state index is -1.53. The maximum Gasteiger partial charge on any atom is 0.186 e. The van der Waals surface area contributed by atoms with E-state index in [9.17, 15) is 40.5 Å². The largest absolute Gasteiger partial charge is 0.394 e. The van der Waals surface area contributed by atoms with Crippen LogP contribution in [-0.2, 0) is 14.3 Å². The van der Waals surface area contributed by atoms with Gasteiger partial charge in [0.15, 0.2) is 6.29 Å². The van der Waals surface area contributed by atoms with Crippen LogP contribution < -0.4 is 0 Å². The molecule has 0 spiro atoms. The zero-order chi connectivity index (χ0) is 34.0. The molecule has 7 N–H and O–H groups in total. The molecule has 6 rings (SSSR count). The van der Waals surface area contributed by atoms with Gasteiger partial charge in [-0.3, -0.25) is 4.79 Å². The van der Waals surface area contributed by atoms with Crippen LogP contribution in [0.2, 0.25) is 0 Å². The Morgan fingerprint density at radius 3 is 2.28 bits per heavy atom. The molecule has 5 aliphatic carbocycles. The van der Waals surface area contributed by atoms with E-state index < -0.39 is 66.6 Å². The van der Waals surface area contributed by atoms with Crippen molar-refractivity contribution in [2.75, 3.05) is 6.61 Å². The van der Waals surface area contributed by atoms with Gasteiger partial charge >= 0.3 is 0 Å². The monoisotopic (exact) mass is 652 g/mol. The van der Waals surface area contributed by atoms with Gasteiger partial charge in [0.1, 0.15) is 36.3 Å². The molecule has 0 bridgehead atoms. The average molecular weight is 653 g/mol. The standard InChI is InChI=1S/C36H60O10/c1-18(14-20(38)29(43)32(4,5)44)19-8-13-36-17-35(19,36)12-9-22-33(6)11-10-24(39)31(2,3)23(33)15-25(34(22,36)7)46-30-28(42)27(41)26(40)21(16-37)45-30/h18-23,25-30,37-38,40-44H,8-17H2,1-7H3/t18-,19-,20-,21-,22-,23+,25-,26-,27+,28-,29+,30+,33-,34+,35+,36-/m1/s1. The number of carbonyl (C=O) groups is 1. The van der Waals surface area contributed by atoms with Gasteiger partial charge in [-0.15, -0.1) is 0 Å². The maximum atomic E-state index is 13.4. The van der Waals surface area contributed by atoms with Crippen molar-refractivity contribution in [2.45, 2.75) is 161 Å². The van der Waals surface area contributed by atoms with Crippen LogP contribution in [0.15, 0.2) is 0 Å². The first-order valence-corrected chi connectivity index (χ1v) is 17.8. The van der Waals surface area contributed by atoms with Crippen molar-refractivity contribution in [3.63, 3.8) is 0 Å². The molecule has 0 aromatic rings. The number of Topliss-reactive ketones (excluding diaryl/α,β-unsaturated/α-hetero) is 1. The molecule has 0 unspecified atom stereocenters. The van der Waals surface area contributed by atoms with Gasteiger partial charge in [0.2, 0.25) is 0 Å². The van der Waals surface area contributed by atoms with Gasteiger partial charge in [-0.05, 0) is 105 Å². The summed E-state index contributed by atoms with van der Waals surface area (Å²) < 4.78 is 12.8. The van der Waals surface area contributed by atoms with Crippen molar-refractivity contribution in [3.8, 4) is 0 Å². The van der Waals surface area contributed by atoms with Crippen LogP contribution in [0, 0.1) is 50.7 Å². The van der Waals surface area contributed by atoms with Gasteiger partial charge in [-0.2, -0.15) is 0 Å². The summed E-state index contributed by atoms with van der Waals surface area (Å²) in [4.78, 5) is 13.4. The third-order valence-electron chi connectivity index (χ3n) is 15.4. The molecule has 1 aliphatic heterocycles. The van der Waals surface area contributed by atoms with Crippen LogP contribution >= 0.6 is 0 Å². The van der Waals surface area contributed by atoms with Crippen molar-refractivity contribution in [2.24, 2.45) is 50.7 Å². The highest BCUT2D eigenvalue weighted by Crippen LogP contribution is 2.91. The third kappa shape index (κ3) is 4.64. The lowest BCUT2D eigenvalue weighted by Crippen LogP contribution is -2.68. The normalized spacial score (nSPS) is 51.7. The molecule has 264 valence electrons. The van der Waals surface area contributed by atoms with Crippen molar-refractivity contribution < 1.29 is 50.0 Å². The highest BCUT2D eigenvalue weighted by Gasteiger charge is 2.85. The molecular weight excluding hydrogens is 592 g/mol. The number of hydrogen-bond acceptors (Lipinski definition) is 10. The Morgan fingerprint density at radius 2 is 1.65 bits per heavy atom. The lowest BCUT2D eigenvalue weighted by molar-refractivity contribution is -0.341. The molecule has 1 saturated heterocycles. The SMILES string of the molecule is C[C@H](C[C@@H](O)[C@H](O)C(C)(C)O)[C@H]1CC[C@]23C[C@@]12CC[C@@H]1[C@@]2(C)CCC(=O)C(C)(C)[C@@H]2C[C@@H](O[C@@H]2O[C@H](CO)[C@@H](O)[C@H](O)[C@H]2O)[C@]13C. The van der Waals surface area contributed by atoms with E-state index in [4.69, 9.17) is 9.47 Å². The zero-order valence-electron chi connectivity index (χ0n) is 28.9. The first-order chi connectivity index (χ1) is 21.2. The summed E-state index contributed by atoms with van der Waals surface area (Å²) in [6.07, 6.45) is -2.06. The molecule has 10 heteroatoms. The van der Waals surface area contributed by atoms with Crippen molar-refractivity contribution in [1.29, 1.82) is 0 Å². The summed E-state index contributed by atoms with van der Waals surface area (Å²) in [5, 5.41) is 73.9. The van der Waals surface area contributed by atoms with Crippen LogP contribution in [0.25, 0.3) is 0 Å². The minimum Gasteiger partial charge on any atom is -0.394 e. The van der Waals surface area contributed by atoms with Crippen molar-refractivity contribution in [3.05, 3.63) is 0 Å². The second-order valence-electron chi connectivity index (χ2n) is 18.1. The molecular formula is C36H60O10. The number of hydrogen-bond donors (Lipinski definition) is 7. The van der Waals surface area contributed by atoms with Gasteiger partial charge in [0.25, 0.3) is 0 Å². The predicted octanol–water partition coefficient (Wildman–Crippen LogP) is 2.31. The van der Waals surface area contributed by atoms with Crippen LogP contribution in [0.3, 0.4) is 0 Å². The number of aliphatic hydroxyl groups excluding tert-OH is 6. The van der Waals surface area contributed by atoms with Crippen LogP contribution in [0.4, 0.5) is 0 Å². The number of fused-ring (bicyclic) bond motifs is 3. The Labute approximate surface area is 273 Å². The van der Waals surface area contributed by atoms with E-state index in [1.165, 1.54) is 13.8 Å². The fraction of sp³-hybridized carbons (Fsp3) is 0.972. The highest BCUT2D eigenvalue weighted by molar-refractivity contribution is 5.85. The average Bonchev–Trinajstić information content (AvgIpc) is 3.55. The number of aliphatic hydroxyl groups is 7. The van der Waals surface area contributed by atoms with E-state index in [-0.39, 0.29) is 45.2 Å². The molecule has 0 radical (unpaired) electrons. The fourth-order valence-electron chi connectivity index (χ4n) is 12.9. The van der Waals surface area contributed by atoms with Crippen LogP contribution in [0.1, 0.15) is 106 Å². The van der Waals surface area contributed by atoms with E-state index in [0.29, 0.717) is 25.2 Å². The van der Waals surface area contributed by atoms with E-state index in [0.717, 1.165) is 38.5 Å². The van der Waals surface area contributed by atoms with Gasteiger partial charge in [0, 0.05) is 17.3 Å². The first-order valence-electron chi connectivity index (χ1n) is 17.8. The number of ether oxygens (including phenoxy) is 2. The van der Waals surface area contributed by atoms with E-state index in [2.05, 4.69) is 34.6 Å². The molecule has 6 fully saturated rings. The van der Waals surface area contributed by atoms with Crippen LogP contribution in [-0.4, -0.2) is 103 Å². The Balaban J connectivity index is 1.36. The summed E-state index contributed by atoms with van der Waals surface area (Å²) in [7, 11) is 0. The molecule has 1 heterocycles. The smallest absolute Gasteiger partial charge is 0.186 e. The second kappa shape index (κ2) is 11.2. The number of carbonyl (C=O) groups excluding carboxylic acids is 1. The van der Waals surface area contributed by atoms with Gasteiger partial charge in [0.05, 0.1) is 24.4 Å². The van der Waals surface area contributed by atoms with Crippen molar-refractivity contribution in [1.82, 2.24) is 0 Å². The molecule has 6 aliphatic rings. The molecule has 0 aromatic heterocycles. The predicted molar refractivity (Wildman–Crippen MR) is 168 cm³/mol. The van der Waals surface area contributed by atoms with Gasteiger partial charge in [-0.25, -0.2) is 0 Å². The Hall–Kier alpha value is -0.690. The topological polar surface area (TPSA) is 177 Å². The second-order valence-corrected chi connectivity index (χ2v) is 18.1. The molecule has 46 heavy (non-hydrogen) atoms. The lowest BCUT2D eigenvalue weighted by Gasteiger charge is -2.68. The van der Waals surface area contributed by atoms with E-state index in [1.807, 2.05) is 0 Å². The maximum absolute atomic E-state index is 13.4. The molecule has 0 aromatic carbocycles. The van der Waals surface area contributed by atoms with Crippen molar-refractivity contribution >= 4 is 5.78 Å². The first kappa shape index (κ1) is 35.1. The minimum absolute atomic E-state index is 0.0390. The molecule has 16 atom stereocenters. The molecule has 10 nitrogen and oxygen atoms in total. The summed E-state index contributed by atoms with van der Waals surface area (Å²) in [5.74, 6) is 1.01. The van der Waals surface area contributed by atoms with E-state index in [1.54, 1.807) is 0 Å². The highest BCUT2D eigenvalue weighted by atomic mass is 16.7. The summed E-state index contributed by atoms with van der Waals surface area (Å²) in [5.41, 5.74) is -2.41. The van der Waals surface area contributed by atoms with E-state index >= 15 is 0 Å². The summed E-state index contributed by atoms with van der Waals surface area (Å²) in [6.45, 7) is 13.5. The Bertz CT molecular complexity index is 1180. The van der Waals surface area contributed by atoms with Gasteiger partial charge in [-0.1, -0.05) is 34.6 Å². The number of ketones is 1. The molecule has 5 saturated carbocycles. The summed E-state index contributed by atoms with van der Waals surface area (Å²) >= 11 is 0. The Morgan fingerprint density at radius 1 is 0.978 bits per heavy atom. The molecule has 0 amide bonds. The third-order valence-corrected chi connectivity index (χ3v) is 15.4. The lowest BCUT2D eigenvalue weighted by atomic mass is 9.37. The Kier molecular flexibility index (Phi) is 8.52. The zero-order valence-corrected chi connectivity index (χ0v) is 28.9. The fourth-order valence-corrected chi connectivity index (χ4v) is 12.9. The number of rotatable bonds is 8. The summed E-state index contributed by atoms with van der Waals surface area (Å²) in [6, 6.07) is 0.